The van der Waals surface area contributed by atoms with Crippen LogP contribution in [0.3, 0.4) is 0 Å². The molecule has 0 radical (unpaired) electrons. The summed E-state index contributed by atoms with van der Waals surface area (Å²) in [5.41, 5.74) is 1.20. The largest absolute Gasteiger partial charge is 0.304 e. The van der Waals surface area contributed by atoms with Gasteiger partial charge in [0, 0.05) is 5.56 Å². The molecule has 1 unspecified atom stereocenters. The van der Waals surface area contributed by atoms with Gasteiger partial charge in [0.1, 0.15) is 0 Å². The average molecular weight is 302 g/mol. The number of carbonyl (C=O) groups excluding carboxylic acids is 1. The average Bonchev–Trinajstić information content (AvgIpc) is 2.84. The third kappa shape index (κ3) is 2.68. The Morgan fingerprint density at radius 2 is 1.57 bits per heavy atom. The summed E-state index contributed by atoms with van der Waals surface area (Å²) in [5, 5.41) is 0. The van der Waals surface area contributed by atoms with Gasteiger partial charge in [-0.05, 0) is 17.7 Å². The zero-order valence-electron chi connectivity index (χ0n) is 11.1. The van der Waals surface area contributed by atoms with Gasteiger partial charge >= 0.3 is 10.2 Å². The lowest BCUT2D eigenvalue weighted by molar-refractivity contribution is 0.0867. The van der Waals surface area contributed by atoms with Gasteiger partial charge in [-0.3, -0.25) is 4.79 Å². The predicted molar refractivity (Wildman–Crippen MR) is 78.7 cm³/mol. The molecule has 1 N–H and O–H groups in total. The Hall–Kier alpha value is -2.18. The van der Waals surface area contributed by atoms with E-state index in [2.05, 4.69) is 4.72 Å². The Bertz CT molecular complexity index is 745. The number of nitrogens with zero attached hydrogens (tertiary/aromatic N) is 1. The summed E-state index contributed by atoms with van der Waals surface area (Å²) in [6, 6.07) is 17.2. The molecule has 1 aliphatic rings. The molecule has 0 spiro atoms. The molecule has 21 heavy (non-hydrogen) atoms. The van der Waals surface area contributed by atoms with Crippen LogP contribution < -0.4 is 4.72 Å². The lowest BCUT2D eigenvalue weighted by Crippen LogP contribution is -2.35. The minimum absolute atomic E-state index is 0.0973. The molecule has 6 heteroatoms. The van der Waals surface area contributed by atoms with E-state index in [4.69, 9.17) is 0 Å². The van der Waals surface area contributed by atoms with Crippen LogP contribution in [0.15, 0.2) is 60.7 Å². The van der Waals surface area contributed by atoms with Crippen LogP contribution >= 0.6 is 0 Å². The molecule has 2 aromatic carbocycles. The van der Waals surface area contributed by atoms with Gasteiger partial charge in [0.05, 0.1) is 12.6 Å². The van der Waals surface area contributed by atoms with Gasteiger partial charge in [-0.2, -0.15) is 13.1 Å². The number of nitrogens with one attached hydrogen (secondary N) is 1. The van der Waals surface area contributed by atoms with Crippen molar-refractivity contribution in [2.45, 2.75) is 6.04 Å². The van der Waals surface area contributed by atoms with Gasteiger partial charge in [0.2, 0.25) is 0 Å². The van der Waals surface area contributed by atoms with Crippen molar-refractivity contribution in [3.8, 4) is 0 Å². The first-order valence-corrected chi connectivity index (χ1v) is 7.96. The maximum absolute atomic E-state index is 12.3. The second-order valence-corrected chi connectivity index (χ2v) is 6.42. The topological polar surface area (TPSA) is 66.5 Å². The van der Waals surface area contributed by atoms with E-state index in [0.717, 1.165) is 9.87 Å². The van der Waals surface area contributed by atoms with E-state index >= 15 is 0 Å². The van der Waals surface area contributed by atoms with E-state index in [0.29, 0.717) is 5.56 Å². The van der Waals surface area contributed by atoms with Crippen molar-refractivity contribution in [3.63, 3.8) is 0 Å². The first-order valence-electron chi connectivity index (χ1n) is 6.52. The van der Waals surface area contributed by atoms with Gasteiger partial charge in [0.15, 0.2) is 0 Å². The third-order valence-electron chi connectivity index (χ3n) is 3.38. The highest BCUT2D eigenvalue weighted by Gasteiger charge is 2.39. The molecule has 0 aromatic heterocycles. The zero-order valence-corrected chi connectivity index (χ0v) is 12.0. The van der Waals surface area contributed by atoms with Gasteiger partial charge in [-0.15, -0.1) is 0 Å². The second-order valence-electron chi connectivity index (χ2n) is 4.79. The quantitative estimate of drug-likeness (QED) is 0.918. The summed E-state index contributed by atoms with van der Waals surface area (Å²) in [4.78, 5) is 12.3. The third-order valence-corrected chi connectivity index (χ3v) is 4.86. The van der Waals surface area contributed by atoms with E-state index in [-0.39, 0.29) is 6.54 Å². The summed E-state index contributed by atoms with van der Waals surface area (Å²) in [5.74, 6) is -0.512. The van der Waals surface area contributed by atoms with Gasteiger partial charge < -0.3 is 0 Å². The molecular weight excluding hydrogens is 288 g/mol. The van der Waals surface area contributed by atoms with Crippen LogP contribution in [0.5, 0.6) is 0 Å². The lowest BCUT2D eigenvalue weighted by atomic mass is 10.1. The monoisotopic (exact) mass is 302 g/mol. The van der Waals surface area contributed by atoms with Crippen molar-refractivity contribution in [2.24, 2.45) is 0 Å². The summed E-state index contributed by atoms with van der Waals surface area (Å²) in [7, 11) is -3.80. The van der Waals surface area contributed by atoms with Gasteiger partial charge in [0.25, 0.3) is 5.91 Å². The summed E-state index contributed by atoms with van der Waals surface area (Å²) < 4.78 is 27.7. The zero-order chi connectivity index (χ0) is 14.9. The van der Waals surface area contributed by atoms with Crippen molar-refractivity contribution in [3.05, 3.63) is 71.8 Å². The van der Waals surface area contributed by atoms with Crippen LogP contribution in [0.1, 0.15) is 22.0 Å². The standard InChI is InChI=1S/C15H14N2O3S/c18-15(13-9-5-2-6-10-13)17-11-14(16-21(17,19)20)12-7-3-1-4-8-12/h1-10,14,16H,11H2. The van der Waals surface area contributed by atoms with Crippen LogP contribution in [0, 0.1) is 0 Å². The maximum Gasteiger partial charge on any atom is 0.304 e. The molecule has 0 saturated carbocycles. The van der Waals surface area contributed by atoms with Crippen molar-refractivity contribution in [1.29, 1.82) is 0 Å². The Labute approximate surface area is 123 Å². The molecule has 1 saturated heterocycles. The lowest BCUT2D eigenvalue weighted by Gasteiger charge is -2.13. The molecule has 3 rings (SSSR count). The minimum Gasteiger partial charge on any atom is -0.268 e. The van der Waals surface area contributed by atoms with Crippen LogP contribution in [-0.2, 0) is 10.2 Å². The maximum atomic E-state index is 12.3. The normalized spacial score (nSPS) is 20.4. The molecule has 1 aliphatic heterocycles. The number of carbonyl (C=O) groups is 1. The fourth-order valence-corrected chi connectivity index (χ4v) is 3.69. The molecule has 2 aromatic rings. The number of amides is 1. The Kier molecular flexibility index (Phi) is 3.48. The van der Waals surface area contributed by atoms with E-state index in [1.807, 2.05) is 30.3 Å². The van der Waals surface area contributed by atoms with E-state index in [1.165, 1.54) is 0 Å². The molecule has 108 valence electrons. The van der Waals surface area contributed by atoms with E-state index in [9.17, 15) is 13.2 Å². The molecule has 0 aliphatic carbocycles. The molecule has 1 amide bonds. The van der Waals surface area contributed by atoms with Crippen LogP contribution in [0.25, 0.3) is 0 Å². The summed E-state index contributed by atoms with van der Waals surface area (Å²) in [6.45, 7) is 0.0973. The van der Waals surface area contributed by atoms with Crippen molar-refractivity contribution in [1.82, 2.24) is 9.03 Å². The number of hydrogen-bond acceptors (Lipinski definition) is 3. The molecule has 0 bridgehead atoms. The van der Waals surface area contributed by atoms with E-state index in [1.54, 1.807) is 30.3 Å². The predicted octanol–water partition coefficient (Wildman–Crippen LogP) is 1.72. The Morgan fingerprint density at radius 1 is 1.00 bits per heavy atom. The van der Waals surface area contributed by atoms with E-state index < -0.39 is 22.2 Å². The van der Waals surface area contributed by atoms with Crippen molar-refractivity contribution >= 4 is 16.1 Å². The fourth-order valence-electron chi connectivity index (χ4n) is 2.32. The smallest absolute Gasteiger partial charge is 0.268 e. The molecule has 5 nitrogen and oxygen atoms in total. The van der Waals surface area contributed by atoms with Gasteiger partial charge in [-0.1, -0.05) is 48.5 Å². The Morgan fingerprint density at radius 3 is 2.19 bits per heavy atom. The molecule has 1 fully saturated rings. The second kappa shape index (κ2) is 5.31. The number of hydrogen-bond donors (Lipinski definition) is 1. The minimum atomic E-state index is -3.80. The SMILES string of the molecule is O=C(c1ccccc1)N1CC(c2ccccc2)NS1(=O)=O. The van der Waals surface area contributed by atoms with Crippen LogP contribution in [0.2, 0.25) is 0 Å². The van der Waals surface area contributed by atoms with Crippen molar-refractivity contribution in [2.75, 3.05) is 6.54 Å². The molecular formula is C15H14N2O3S. The Balaban J connectivity index is 1.89. The first kappa shape index (κ1) is 13.8. The highest BCUT2D eigenvalue weighted by atomic mass is 32.2. The van der Waals surface area contributed by atoms with Crippen LogP contribution in [-0.4, -0.2) is 25.2 Å². The molecule has 1 atom stereocenters. The number of benzene rings is 2. The highest BCUT2D eigenvalue weighted by molar-refractivity contribution is 7.88. The fraction of sp³-hybridized carbons (Fsp3) is 0.133. The van der Waals surface area contributed by atoms with Crippen LogP contribution in [0.4, 0.5) is 0 Å². The molecule has 1 heterocycles. The van der Waals surface area contributed by atoms with Gasteiger partial charge in [-0.25, -0.2) is 4.31 Å². The number of rotatable bonds is 2. The highest BCUT2D eigenvalue weighted by Crippen LogP contribution is 2.25. The first-order chi connectivity index (χ1) is 10.1. The summed E-state index contributed by atoms with van der Waals surface area (Å²) in [6.07, 6.45) is 0. The van der Waals surface area contributed by atoms with Crippen molar-refractivity contribution < 1.29 is 13.2 Å². The summed E-state index contributed by atoms with van der Waals surface area (Å²) >= 11 is 0.